The molecule has 0 spiro atoms. The molecule has 9 nitrogen and oxygen atoms in total. The number of anilines is 1. The number of thiophene rings is 1. The molecule has 0 amide bonds. The summed E-state index contributed by atoms with van der Waals surface area (Å²) < 4.78 is 1.04. The maximum atomic E-state index is 13.2. The summed E-state index contributed by atoms with van der Waals surface area (Å²) in [4.78, 5) is 47.2. The Balaban J connectivity index is 1.25. The molecule has 0 unspecified atom stereocenters. The molecule has 5 heterocycles. The lowest BCUT2D eigenvalue weighted by molar-refractivity contribution is -0.137. The molecule has 0 radical (unpaired) electrons. The molecular formula is C27H33BrN6O3S2. The first-order valence-corrected chi connectivity index (χ1v) is 15.8. The van der Waals surface area contributed by atoms with Gasteiger partial charge in [-0.05, 0) is 55.2 Å². The Morgan fingerprint density at radius 2 is 1.97 bits per heavy atom. The van der Waals surface area contributed by atoms with Crippen molar-refractivity contribution in [3.05, 3.63) is 43.9 Å². The van der Waals surface area contributed by atoms with Gasteiger partial charge in [0, 0.05) is 59.5 Å². The highest BCUT2D eigenvalue weighted by molar-refractivity contribution is 9.10. The lowest BCUT2D eigenvalue weighted by atomic mass is 10.2. The molecule has 2 saturated heterocycles. The second kappa shape index (κ2) is 12.5. The number of hydrogen-bond acceptors (Lipinski definition) is 10. The minimum atomic E-state index is -0.776. The summed E-state index contributed by atoms with van der Waals surface area (Å²) in [6.07, 6.45) is 6.02. The molecule has 39 heavy (non-hydrogen) atoms. The molecule has 0 bridgehead atoms. The van der Waals surface area contributed by atoms with E-state index in [-0.39, 0.29) is 24.7 Å². The second-order valence-electron chi connectivity index (χ2n) is 10.3. The Kier molecular flexibility index (Phi) is 9.07. The number of carboxylic acids is 1. The number of carbonyl (C=O) groups excluding carboxylic acids is 1. The number of rotatable bonds is 10. The number of likely N-dealkylation sites (tertiary alicyclic amines) is 1. The molecule has 1 N–H and O–H groups in total. The molecule has 2 aliphatic rings. The quantitative estimate of drug-likeness (QED) is 0.315. The molecule has 2 fully saturated rings. The van der Waals surface area contributed by atoms with Crippen LogP contribution in [-0.2, 0) is 17.8 Å². The van der Waals surface area contributed by atoms with Gasteiger partial charge in [-0.2, -0.15) is 0 Å². The van der Waals surface area contributed by atoms with E-state index in [9.17, 15) is 9.59 Å². The molecular weight excluding hydrogens is 600 g/mol. The van der Waals surface area contributed by atoms with E-state index in [0.717, 1.165) is 58.6 Å². The molecule has 2 atom stereocenters. The van der Waals surface area contributed by atoms with Crippen molar-refractivity contribution in [2.45, 2.75) is 58.2 Å². The average Bonchev–Trinajstić information content (AvgIpc) is 3.63. The predicted octanol–water partition coefficient (Wildman–Crippen LogP) is 4.82. The highest BCUT2D eigenvalue weighted by atomic mass is 79.9. The standard InChI is InChI=1S/C27H33BrN6O3S2/c1-17-4-3-6-33(17)15-23-27(22-10-19(28)16-38-22)31-25(39-23)11-21(35)20-12-30-24(13-29-20)34-9-8-32(18(2)14-34)7-5-26(36)37/h10,12-13,16-18H,3-9,11,14-15H2,1-2H3,(H,36,37)/t17-,18+/m1/s1. The Morgan fingerprint density at radius 3 is 2.62 bits per heavy atom. The van der Waals surface area contributed by atoms with Crippen molar-refractivity contribution in [3.63, 3.8) is 0 Å². The summed E-state index contributed by atoms with van der Waals surface area (Å²) in [5, 5.41) is 11.8. The number of ketones is 1. The van der Waals surface area contributed by atoms with Crippen molar-refractivity contribution in [2.75, 3.05) is 37.6 Å². The van der Waals surface area contributed by atoms with Crippen LogP contribution in [-0.4, -0.2) is 86.4 Å². The number of aromatic nitrogens is 3. The van der Waals surface area contributed by atoms with Crippen molar-refractivity contribution in [2.24, 2.45) is 0 Å². The molecule has 0 saturated carbocycles. The second-order valence-corrected chi connectivity index (χ2v) is 13.3. The number of thiazole rings is 1. The van der Waals surface area contributed by atoms with E-state index < -0.39 is 5.97 Å². The average molecular weight is 634 g/mol. The third kappa shape index (κ3) is 6.91. The number of nitrogens with zero attached hydrogens (tertiary/aromatic N) is 6. The van der Waals surface area contributed by atoms with Gasteiger partial charge in [-0.1, -0.05) is 0 Å². The number of piperazine rings is 1. The predicted molar refractivity (Wildman–Crippen MR) is 158 cm³/mol. The van der Waals surface area contributed by atoms with E-state index in [4.69, 9.17) is 10.1 Å². The zero-order valence-corrected chi connectivity index (χ0v) is 25.4. The van der Waals surface area contributed by atoms with Gasteiger partial charge in [0.25, 0.3) is 0 Å². The van der Waals surface area contributed by atoms with Crippen molar-refractivity contribution >= 4 is 56.2 Å². The van der Waals surface area contributed by atoms with Crippen molar-refractivity contribution < 1.29 is 14.7 Å². The molecule has 0 aliphatic carbocycles. The first kappa shape index (κ1) is 28.3. The normalized spacial score (nSPS) is 20.5. The van der Waals surface area contributed by atoms with Crippen LogP contribution in [0.25, 0.3) is 10.6 Å². The van der Waals surface area contributed by atoms with E-state index in [1.54, 1.807) is 35.1 Å². The van der Waals surface area contributed by atoms with Gasteiger partial charge in [0.1, 0.15) is 16.5 Å². The van der Waals surface area contributed by atoms with E-state index in [0.29, 0.717) is 18.3 Å². The Hall–Kier alpha value is -2.25. The van der Waals surface area contributed by atoms with Crippen LogP contribution in [0.15, 0.2) is 28.3 Å². The summed E-state index contributed by atoms with van der Waals surface area (Å²) in [5.41, 5.74) is 1.33. The molecule has 12 heteroatoms. The van der Waals surface area contributed by atoms with E-state index in [1.165, 1.54) is 17.7 Å². The fraction of sp³-hybridized carbons (Fsp3) is 0.519. The van der Waals surface area contributed by atoms with E-state index in [1.807, 2.05) is 0 Å². The third-order valence-electron chi connectivity index (χ3n) is 7.52. The van der Waals surface area contributed by atoms with Crippen LogP contribution >= 0.6 is 38.6 Å². The van der Waals surface area contributed by atoms with Crippen LogP contribution in [0.3, 0.4) is 0 Å². The number of aliphatic carboxylic acids is 1. The zero-order chi connectivity index (χ0) is 27.5. The van der Waals surface area contributed by atoms with Gasteiger partial charge >= 0.3 is 5.97 Å². The Bertz CT molecular complexity index is 1310. The van der Waals surface area contributed by atoms with Crippen molar-refractivity contribution in [3.8, 4) is 10.6 Å². The van der Waals surface area contributed by atoms with Gasteiger partial charge in [-0.15, -0.1) is 22.7 Å². The molecule has 0 aromatic carbocycles. The summed E-state index contributed by atoms with van der Waals surface area (Å²) in [7, 11) is 0. The van der Waals surface area contributed by atoms with Gasteiger partial charge in [0.15, 0.2) is 5.78 Å². The van der Waals surface area contributed by atoms with Gasteiger partial charge in [0.05, 0.1) is 35.8 Å². The SMILES string of the molecule is C[C@@H]1CCCN1Cc1sc(CC(=O)c2cnc(N3CCN(CCC(=O)O)[C@@H](C)C3)cn2)nc1-c1cc(Br)cs1. The van der Waals surface area contributed by atoms with Gasteiger partial charge < -0.3 is 10.0 Å². The summed E-state index contributed by atoms with van der Waals surface area (Å²) in [5.74, 6) is -0.130. The minimum absolute atomic E-state index is 0.0883. The largest absolute Gasteiger partial charge is 0.481 e. The highest BCUT2D eigenvalue weighted by Gasteiger charge is 2.26. The van der Waals surface area contributed by atoms with Crippen molar-refractivity contribution in [1.29, 1.82) is 0 Å². The number of carboxylic acid groups (broad SMARTS) is 1. The summed E-state index contributed by atoms with van der Waals surface area (Å²) >= 11 is 6.85. The van der Waals surface area contributed by atoms with Crippen LogP contribution in [0.4, 0.5) is 5.82 Å². The van der Waals surface area contributed by atoms with Crippen LogP contribution in [0.1, 0.15) is 53.5 Å². The molecule has 3 aromatic heterocycles. The first-order valence-electron chi connectivity index (χ1n) is 13.3. The molecule has 5 rings (SSSR count). The number of Topliss-reactive ketones (excluding diaryl/α,β-unsaturated/α-hetero) is 1. The molecule has 2 aliphatic heterocycles. The monoisotopic (exact) mass is 632 g/mol. The zero-order valence-electron chi connectivity index (χ0n) is 22.2. The summed E-state index contributed by atoms with van der Waals surface area (Å²) in [6, 6.07) is 2.87. The molecule has 208 valence electrons. The fourth-order valence-electron chi connectivity index (χ4n) is 5.26. The maximum absolute atomic E-state index is 13.2. The molecule has 3 aromatic rings. The van der Waals surface area contributed by atoms with E-state index in [2.05, 4.69) is 65.9 Å². The lowest BCUT2D eigenvalue weighted by Crippen LogP contribution is -2.52. The van der Waals surface area contributed by atoms with Crippen LogP contribution in [0.2, 0.25) is 0 Å². The summed E-state index contributed by atoms with van der Waals surface area (Å²) in [6.45, 7) is 9.11. The smallest absolute Gasteiger partial charge is 0.304 e. The fourth-order valence-corrected chi connectivity index (χ4v) is 7.87. The van der Waals surface area contributed by atoms with Gasteiger partial charge in [-0.3, -0.25) is 19.4 Å². The number of hydrogen-bond donors (Lipinski definition) is 1. The van der Waals surface area contributed by atoms with Crippen molar-refractivity contribution in [1.82, 2.24) is 24.8 Å². The minimum Gasteiger partial charge on any atom is -0.481 e. The number of halogens is 1. The maximum Gasteiger partial charge on any atom is 0.304 e. The van der Waals surface area contributed by atoms with Gasteiger partial charge in [-0.25, -0.2) is 15.0 Å². The highest BCUT2D eigenvalue weighted by Crippen LogP contribution is 2.36. The Labute approximate surface area is 245 Å². The van der Waals surface area contributed by atoms with E-state index >= 15 is 0 Å². The van der Waals surface area contributed by atoms with Gasteiger partial charge in [0.2, 0.25) is 0 Å². The number of carbonyl (C=O) groups is 2. The topological polar surface area (TPSA) is 103 Å². The Morgan fingerprint density at radius 1 is 1.13 bits per heavy atom. The van der Waals surface area contributed by atoms with Crippen LogP contribution in [0, 0.1) is 0 Å². The van der Waals surface area contributed by atoms with Crippen LogP contribution < -0.4 is 4.90 Å². The lowest BCUT2D eigenvalue weighted by Gasteiger charge is -2.40. The third-order valence-corrected chi connectivity index (χ3v) is 10.3. The first-order chi connectivity index (χ1) is 18.8. The van der Waals surface area contributed by atoms with Crippen LogP contribution in [0.5, 0.6) is 0 Å².